The molecule has 198 valence electrons. The van der Waals surface area contributed by atoms with Gasteiger partial charge in [0.05, 0.1) is 11.4 Å². The monoisotopic (exact) mass is 539 g/mol. The Morgan fingerprint density at radius 1 is 0.310 bits per heavy atom. The predicted octanol–water partition coefficient (Wildman–Crippen LogP) is 8.66. The van der Waals surface area contributed by atoms with Gasteiger partial charge in [-0.2, -0.15) is 0 Å². The van der Waals surface area contributed by atoms with Crippen LogP contribution in [0.2, 0.25) is 0 Å². The lowest BCUT2D eigenvalue weighted by molar-refractivity contribution is 1.07. The van der Waals surface area contributed by atoms with Gasteiger partial charge in [0.15, 0.2) is 17.5 Å². The van der Waals surface area contributed by atoms with Gasteiger partial charge in [0, 0.05) is 40.2 Å². The summed E-state index contributed by atoms with van der Waals surface area (Å²) in [4.78, 5) is 23.9. The van der Waals surface area contributed by atoms with E-state index in [-0.39, 0.29) is 0 Å². The number of hydrogen-bond donors (Lipinski definition) is 0. The van der Waals surface area contributed by atoms with Crippen molar-refractivity contribution >= 4 is 0 Å². The maximum atomic E-state index is 4.94. The highest BCUT2D eigenvalue weighted by Crippen LogP contribution is 2.29. The molecular formula is C37H25N5. The number of nitrogens with zero attached hydrogens (tertiary/aromatic N) is 5. The standard InChI is InChI=1S/C37H25N5/c1-3-10-26(11-4-1)27-17-19-29(20-18-27)36-40-35(28-12-5-2-6-13-28)41-37(42-36)31-15-9-14-30(24-31)34-22-21-32(25-39-34)33-16-7-8-23-38-33/h1-25H. The fourth-order valence-corrected chi connectivity index (χ4v) is 4.86. The van der Waals surface area contributed by atoms with E-state index in [2.05, 4.69) is 53.5 Å². The van der Waals surface area contributed by atoms with Crippen LogP contribution in [0.3, 0.4) is 0 Å². The van der Waals surface area contributed by atoms with Gasteiger partial charge in [0.2, 0.25) is 0 Å². The molecule has 0 unspecified atom stereocenters. The molecule has 3 aromatic heterocycles. The summed E-state index contributed by atoms with van der Waals surface area (Å²) < 4.78 is 0. The number of pyridine rings is 2. The van der Waals surface area contributed by atoms with Gasteiger partial charge < -0.3 is 0 Å². The third kappa shape index (κ3) is 5.31. The van der Waals surface area contributed by atoms with Crippen molar-refractivity contribution < 1.29 is 0 Å². The first kappa shape index (κ1) is 25.2. The van der Waals surface area contributed by atoms with Gasteiger partial charge in [-0.3, -0.25) is 9.97 Å². The Morgan fingerprint density at radius 3 is 1.45 bits per heavy atom. The zero-order valence-corrected chi connectivity index (χ0v) is 22.7. The predicted molar refractivity (Wildman–Crippen MR) is 168 cm³/mol. The van der Waals surface area contributed by atoms with Crippen molar-refractivity contribution in [3.63, 3.8) is 0 Å². The minimum Gasteiger partial charge on any atom is -0.256 e. The zero-order chi connectivity index (χ0) is 28.1. The molecular weight excluding hydrogens is 514 g/mol. The molecule has 0 saturated carbocycles. The lowest BCUT2D eigenvalue weighted by Gasteiger charge is -2.10. The summed E-state index contributed by atoms with van der Waals surface area (Å²) >= 11 is 0. The van der Waals surface area contributed by atoms with Gasteiger partial charge in [-0.1, -0.05) is 109 Å². The highest BCUT2D eigenvalue weighted by Gasteiger charge is 2.13. The topological polar surface area (TPSA) is 64.5 Å². The smallest absolute Gasteiger partial charge is 0.164 e. The summed E-state index contributed by atoms with van der Waals surface area (Å²) in [5.41, 5.74) is 8.79. The summed E-state index contributed by atoms with van der Waals surface area (Å²) in [6.07, 6.45) is 3.65. The summed E-state index contributed by atoms with van der Waals surface area (Å²) in [5, 5.41) is 0. The SMILES string of the molecule is c1ccc(-c2ccc(-c3nc(-c4ccccc4)nc(-c4cccc(-c5ccc(-c6ccccn6)cn5)c4)n3)cc2)cc1. The van der Waals surface area contributed by atoms with Crippen molar-refractivity contribution in [2.45, 2.75) is 0 Å². The quantitative estimate of drug-likeness (QED) is 0.212. The van der Waals surface area contributed by atoms with Gasteiger partial charge in [0.1, 0.15) is 0 Å². The summed E-state index contributed by atoms with van der Waals surface area (Å²) in [5.74, 6) is 1.87. The number of hydrogen-bond acceptors (Lipinski definition) is 5. The van der Waals surface area contributed by atoms with Crippen LogP contribution in [0.4, 0.5) is 0 Å². The molecule has 0 aliphatic heterocycles. The Bertz CT molecular complexity index is 1940. The van der Waals surface area contributed by atoms with Crippen molar-refractivity contribution in [2.24, 2.45) is 0 Å². The second kappa shape index (κ2) is 11.4. The second-order valence-electron chi connectivity index (χ2n) is 9.84. The van der Waals surface area contributed by atoms with E-state index in [1.165, 1.54) is 5.56 Å². The lowest BCUT2D eigenvalue weighted by atomic mass is 10.0. The molecule has 0 fully saturated rings. The summed E-state index contributed by atoms with van der Waals surface area (Å²) in [6.45, 7) is 0. The Hall–Kier alpha value is -5.81. The molecule has 0 amide bonds. The Morgan fingerprint density at radius 2 is 0.810 bits per heavy atom. The molecule has 0 aliphatic rings. The first-order valence-corrected chi connectivity index (χ1v) is 13.8. The van der Waals surface area contributed by atoms with Gasteiger partial charge in [0.25, 0.3) is 0 Å². The van der Waals surface area contributed by atoms with Crippen LogP contribution in [0.1, 0.15) is 0 Å². The molecule has 0 radical (unpaired) electrons. The Balaban J connectivity index is 1.27. The number of benzene rings is 4. The van der Waals surface area contributed by atoms with Crippen LogP contribution in [-0.2, 0) is 0 Å². The van der Waals surface area contributed by atoms with E-state index >= 15 is 0 Å². The first-order chi connectivity index (χ1) is 20.8. The molecule has 4 aromatic carbocycles. The van der Waals surface area contributed by atoms with E-state index in [9.17, 15) is 0 Å². The summed E-state index contributed by atoms with van der Waals surface area (Å²) in [7, 11) is 0. The Kier molecular flexibility index (Phi) is 6.81. The fourth-order valence-electron chi connectivity index (χ4n) is 4.86. The van der Waals surface area contributed by atoms with Crippen LogP contribution in [-0.4, -0.2) is 24.9 Å². The van der Waals surface area contributed by atoms with Crippen LogP contribution in [0.15, 0.2) is 152 Å². The number of aromatic nitrogens is 5. The molecule has 0 bridgehead atoms. The van der Waals surface area contributed by atoms with Crippen molar-refractivity contribution in [2.75, 3.05) is 0 Å². The van der Waals surface area contributed by atoms with E-state index < -0.39 is 0 Å². The first-order valence-electron chi connectivity index (χ1n) is 13.8. The molecule has 3 heterocycles. The highest BCUT2D eigenvalue weighted by molar-refractivity contribution is 5.73. The molecule has 7 aromatic rings. The van der Waals surface area contributed by atoms with Crippen LogP contribution >= 0.6 is 0 Å². The van der Waals surface area contributed by atoms with Gasteiger partial charge in [-0.25, -0.2) is 15.0 Å². The maximum Gasteiger partial charge on any atom is 0.164 e. The van der Waals surface area contributed by atoms with Crippen LogP contribution in [0.25, 0.3) is 67.8 Å². The van der Waals surface area contributed by atoms with Gasteiger partial charge in [-0.15, -0.1) is 0 Å². The average molecular weight is 540 g/mol. The highest BCUT2D eigenvalue weighted by atomic mass is 15.0. The van der Waals surface area contributed by atoms with E-state index in [4.69, 9.17) is 19.9 Å². The third-order valence-electron chi connectivity index (χ3n) is 7.06. The molecule has 5 heteroatoms. The van der Waals surface area contributed by atoms with Crippen LogP contribution in [0, 0.1) is 0 Å². The fraction of sp³-hybridized carbons (Fsp3) is 0. The normalized spacial score (nSPS) is 10.9. The molecule has 7 rings (SSSR count). The molecule has 5 nitrogen and oxygen atoms in total. The zero-order valence-electron chi connectivity index (χ0n) is 22.7. The van der Waals surface area contributed by atoms with Crippen molar-refractivity contribution in [3.05, 3.63) is 152 Å². The lowest BCUT2D eigenvalue weighted by Crippen LogP contribution is -2.00. The number of rotatable bonds is 6. The molecule has 0 aliphatic carbocycles. The van der Waals surface area contributed by atoms with Crippen molar-refractivity contribution in [1.29, 1.82) is 0 Å². The minimum absolute atomic E-state index is 0.609. The average Bonchev–Trinajstić information content (AvgIpc) is 3.09. The molecule has 0 N–H and O–H groups in total. The van der Waals surface area contributed by atoms with E-state index in [0.717, 1.165) is 44.8 Å². The van der Waals surface area contributed by atoms with Crippen molar-refractivity contribution in [1.82, 2.24) is 24.9 Å². The summed E-state index contributed by atoms with van der Waals surface area (Å²) in [6, 6.07) is 46.8. The molecule has 42 heavy (non-hydrogen) atoms. The molecule has 0 spiro atoms. The third-order valence-corrected chi connectivity index (χ3v) is 7.06. The van der Waals surface area contributed by atoms with Gasteiger partial charge >= 0.3 is 0 Å². The van der Waals surface area contributed by atoms with E-state index in [0.29, 0.717) is 17.5 Å². The van der Waals surface area contributed by atoms with E-state index in [1.807, 2.05) is 97.2 Å². The molecule has 0 atom stereocenters. The largest absolute Gasteiger partial charge is 0.256 e. The maximum absolute atomic E-state index is 4.94. The van der Waals surface area contributed by atoms with Crippen LogP contribution < -0.4 is 0 Å². The molecule has 0 saturated heterocycles. The Labute approximate surface area is 244 Å². The van der Waals surface area contributed by atoms with Crippen molar-refractivity contribution in [3.8, 4) is 67.8 Å². The van der Waals surface area contributed by atoms with Gasteiger partial charge in [-0.05, 0) is 41.5 Å². The minimum atomic E-state index is 0.609. The van der Waals surface area contributed by atoms with Crippen LogP contribution in [0.5, 0.6) is 0 Å². The van der Waals surface area contributed by atoms with E-state index in [1.54, 1.807) is 6.20 Å². The second-order valence-corrected chi connectivity index (χ2v) is 9.84.